The second-order valence-electron chi connectivity index (χ2n) is 2.70. The van der Waals surface area contributed by atoms with Crippen LogP contribution >= 0.6 is 35.6 Å². The molecule has 0 spiro atoms. The van der Waals surface area contributed by atoms with Gasteiger partial charge in [0.2, 0.25) is 0 Å². The molecule has 94 valence electrons. The second kappa shape index (κ2) is 7.76. The normalized spacial score (nSPS) is 11.1. The van der Waals surface area contributed by atoms with Gasteiger partial charge >= 0.3 is 55.5 Å². The average Bonchev–Trinajstić information content (AvgIpc) is 2.05. The van der Waals surface area contributed by atoms with Gasteiger partial charge in [-0.1, -0.05) is 6.07 Å². The second-order valence-corrected chi connectivity index (χ2v) is 21.9. The summed E-state index contributed by atoms with van der Waals surface area (Å²) in [6, 6.07) is 5.64. The van der Waals surface area contributed by atoms with Gasteiger partial charge in [-0.05, 0) is 6.07 Å². The molecule has 0 atom stereocenters. The van der Waals surface area contributed by atoms with E-state index in [0.29, 0.717) is 0 Å². The van der Waals surface area contributed by atoms with Crippen LogP contribution in [0.3, 0.4) is 0 Å². The fraction of sp³-hybridized carbons (Fsp3) is 0.250. The number of carbonyl (C=O) groups excluding carboxylic acids is 1. The molecule has 16 heavy (non-hydrogen) atoms. The van der Waals surface area contributed by atoms with Crippen LogP contribution in [0, 0.1) is 0 Å². The zero-order chi connectivity index (χ0) is 12.8. The third kappa shape index (κ3) is 11.0. The van der Waals surface area contributed by atoms with Crippen LogP contribution in [0.15, 0.2) is 24.4 Å². The summed E-state index contributed by atoms with van der Waals surface area (Å²) in [6.07, 6.45) is 1.88. The third-order valence-electron chi connectivity index (χ3n) is 1.36. The van der Waals surface area contributed by atoms with Gasteiger partial charge in [-0.25, -0.2) is 14.7 Å². The molecule has 1 heterocycles. The van der Waals surface area contributed by atoms with Gasteiger partial charge in [-0.15, -0.1) is 0 Å². The zero-order valence-corrected chi connectivity index (χ0v) is 13.7. The summed E-state index contributed by atoms with van der Waals surface area (Å²) in [6.45, 7) is 1.49. The summed E-state index contributed by atoms with van der Waals surface area (Å²) >= 11 is -3.05. The molecule has 1 rings (SSSR count). The summed E-state index contributed by atoms with van der Waals surface area (Å²) in [4.78, 5) is 10.6. The molecule has 0 saturated heterocycles. The molecule has 1 aromatic heterocycles. The van der Waals surface area contributed by atoms with Crippen LogP contribution in [0.4, 0.5) is 5.82 Å². The molecule has 0 saturated carbocycles. The van der Waals surface area contributed by atoms with Gasteiger partial charge in [0.1, 0.15) is 0 Å². The third-order valence-corrected chi connectivity index (χ3v) is 1.36. The molecule has 1 amide bonds. The minimum atomic E-state index is -3.05. The number of anilines is 1. The van der Waals surface area contributed by atoms with Crippen LogP contribution in [0.5, 0.6) is 0 Å². The van der Waals surface area contributed by atoms with Crippen LogP contribution in [-0.2, 0) is 11.8 Å². The van der Waals surface area contributed by atoms with Gasteiger partial charge in [0.25, 0.3) is 5.82 Å². The first-order valence-corrected chi connectivity index (χ1v) is 14.9. The van der Waals surface area contributed by atoms with Gasteiger partial charge in [0.15, 0.2) is 0 Å². The number of rotatable bonds is 1. The van der Waals surface area contributed by atoms with Crippen molar-refractivity contribution >= 4 is 47.4 Å². The summed E-state index contributed by atoms with van der Waals surface area (Å²) in [7, 11) is 21.9. The number of aromatic nitrogens is 1. The van der Waals surface area contributed by atoms with Crippen LogP contribution in [0.1, 0.15) is 6.92 Å². The van der Waals surface area contributed by atoms with Crippen LogP contribution in [0.25, 0.3) is 0 Å². The van der Waals surface area contributed by atoms with E-state index in [1.54, 1.807) is 0 Å². The molecule has 3 nitrogen and oxygen atoms in total. The number of nitrogens with zero attached hydrogens (tertiary/aromatic N) is 1. The van der Waals surface area contributed by atoms with Crippen molar-refractivity contribution in [3.05, 3.63) is 24.4 Å². The van der Waals surface area contributed by atoms with Gasteiger partial charge in [-0.2, -0.15) is 0 Å². The first kappa shape index (κ1) is 16.5. The molecule has 0 aliphatic heterocycles. The standard InChI is InChI=1S/C8H10N2O.Cl4I/c1-7(11)9-8-5-3-4-6-10(8)2;1-5(2,3)4/h3-6H,1-2H3;/q;-1/p+1. The number of halogens is 5. The Morgan fingerprint density at radius 1 is 1.31 bits per heavy atom. The predicted molar refractivity (Wildman–Crippen MR) is 65.3 cm³/mol. The first-order valence-electron chi connectivity index (χ1n) is 3.99. The van der Waals surface area contributed by atoms with E-state index in [4.69, 9.17) is 35.6 Å². The molecule has 1 N–H and O–H groups in total. The Labute approximate surface area is 113 Å². The van der Waals surface area contributed by atoms with Crippen molar-refractivity contribution in [1.29, 1.82) is 0 Å². The Morgan fingerprint density at radius 3 is 2.19 bits per heavy atom. The van der Waals surface area contributed by atoms with Gasteiger partial charge < -0.3 is 0 Å². The minimum absolute atomic E-state index is 0.0493. The van der Waals surface area contributed by atoms with E-state index >= 15 is 0 Å². The number of hydrogen-bond donors (Lipinski definition) is 1. The Bertz CT molecular complexity index is 350. The Balaban J connectivity index is 0.000000385. The molecule has 1 aromatic rings. The fourth-order valence-corrected chi connectivity index (χ4v) is 0.834. The fourth-order valence-electron chi connectivity index (χ4n) is 0.834. The van der Waals surface area contributed by atoms with Gasteiger partial charge in [0.05, 0.1) is 13.2 Å². The van der Waals surface area contributed by atoms with Crippen LogP contribution in [-0.4, -0.2) is 5.91 Å². The van der Waals surface area contributed by atoms with Crippen molar-refractivity contribution < 1.29 is 23.3 Å². The Hall–Kier alpha value is 0.510. The van der Waals surface area contributed by atoms with E-state index in [9.17, 15) is 4.79 Å². The maximum atomic E-state index is 10.6. The van der Waals surface area contributed by atoms with E-state index in [1.807, 2.05) is 36.0 Å². The predicted octanol–water partition coefficient (Wildman–Crippen LogP) is 0.231. The monoisotopic (exact) mass is 418 g/mol. The summed E-state index contributed by atoms with van der Waals surface area (Å²) in [5.74, 6) is 0.756. The molecule has 0 fully saturated rings. The molecule has 0 radical (unpaired) electrons. The van der Waals surface area contributed by atoms with E-state index in [-0.39, 0.29) is 5.91 Å². The van der Waals surface area contributed by atoms with Crippen molar-refractivity contribution in [2.45, 2.75) is 6.92 Å². The number of carbonyl (C=O) groups is 1. The van der Waals surface area contributed by atoms with Crippen LogP contribution < -0.4 is 23.8 Å². The van der Waals surface area contributed by atoms with Crippen molar-refractivity contribution in [2.24, 2.45) is 7.05 Å². The Kier molecular flexibility index (Phi) is 8.01. The van der Waals surface area contributed by atoms with Crippen molar-refractivity contribution in [1.82, 2.24) is 0 Å². The van der Waals surface area contributed by atoms with Crippen LogP contribution in [0.2, 0.25) is 0 Å². The number of aryl methyl sites for hydroxylation is 1. The first-order chi connectivity index (χ1) is 7.20. The van der Waals surface area contributed by atoms with E-state index in [0.717, 1.165) is 5.82 Å². The molecule has 8 heteroatoms. The SMILES string of the molecule is CC(=O)Nc1cccc[n+]1C.Cl[I-](Cl)(Cl)Cl. The maximum absolute atomic E-state index is 10.6. The summed E-state index contributed by atoms with van der Waals surface area (Å²) in [5.41, 5.74) is 0. The van der Waals surface area contributed by atoms with E-state index in [1.165, 1.54) is 6.92 Å². The van der Waals surface area contributed by atoms with Gasteiger partial charge in [-0.3, -0.25) is 0 Å². The Morgan fingerprint density at radius 2 is 1.81 bits per heavy atom. The van der Waals surface area contributed by atoms with Gasteiger partial charge in [0, 0.05) is 13.0 Å². The number of nitrogens with one attached hydrogen (secondary N) is 1. The molecular weight excluding hydrogens is 409 g/mol. The van der Waals surface area contributed by atoms with Crippen molar-refractivity contribution in [3.63, 3.8) is 0 Å². The molecule has 0 aliphatic rings. The molecular formula is C8H11Cl4IN2O. The molecule has 0 unspecified atom stereocenters. The number of amides is 1. The molecule has 0 aromatic carbocycles. The zero-order valence-electron chi connectivity index (χ0n) is 8.55. The van der Waals surface area contributed by atoms with E-state index in [2.05, 4.69) is 5.32 Å². The summed E-state index contributed by atoms with van der Waals surface area (Å²) < 4.78 is 1.85. The number of hydrogen-bond acceptors (Lipinski definition) is 1. The molecule has 0 aliphatic carbocycles. The average molecular weight is 420 g/mol. The number of pyridine rings is 1. The van der Waals surface area contributed by atoms with Crippen molar-refractivity contribution in [2.75, 3.05) is 5.32 Å². The van der Waals surface area contributed by atoms with E-state index < -0.39 is 13.9 Å². The quantitative estimate of drug-likeness (QED) is 0.513. The summed E-state index contributed by atoms with van der Waals surface area (Å²) in [5, 5.41) is 2.70. The van der Waals surface area contributed by atoms with Crippen molar-refractivity contribution in [3.8, 4) is 0 Å². The molecule has 0 bridgehead atoms. The topological polar surface area (TPSA) is 33.0 Å².